The van der Waals surface area contributed by atoms with Crippen LogP contribution in [0.25, 0.3) is 10.9 Å². The molecule has 0 spiro atoms. The van der Waals surface area contributed by atoms with E-state index in [-0.39, 0.29) is 28.6 Å². The van der Waals surface area contributed by atoms with Crippen LogP contribution >= 0.6 is 23.5 Å². The van der Waals surface area contributed by atoms with Gasteiger partial charge in [0, 0.05) is 41.4 Å². The minimum Gasteiger partial charge on any atom is -0.477 e. The van der Waals surface area contributed by atoms with Crippen LogP contribution in [0.3, 0.4) is 0 Å². The van der Waals surface area contributed by atoms with Crippen LogP contribution in [0.4, 0.5) is 10.1 Å². The van der Waals surface area contributed by atoms with Crippen molar-refractivity contribution in [2.45, 2.75) is 37.3 Å². The summed E-state index contributed by atoms with van der Waals surface area (Å²) in [5, 5.41) is 34.9. The molecular formula is C27H28FN5O7S2. The van der Waals surface area contributed by atoms with Crippen LogP contribution in [-0.2, 0) is 9.59 Å². The zero-order valence-electron chi connectivity index (χ0n) is 22.5. The molecule has 12 nitrogen and oxygen atoms in total. The van der Waals surface area contributed by atoms with Gasteiger partial charge in [-0.15, -0.1) is 23.5 Å². The number of aromatic carboxylic acids is 1. The number of carbonyl (C=O) groups is 3. The number of hydrogen-bond donors (Lipinski definition) is 3. The molecule has 1 saturated carbocycles. The van der Waals surface area contributed by atoms with Gasteiger partial charge in [0.1, 0.15) is 22.5 Å². The second-order valence-corrected chi connectivity index (χ2v) is 12.7. The van der Waals surface area contributed by atoms with E-state index in [4.69, 9.17) is 0 Å². The van der Waals surface area contributed by atoms with Gasteiger partial charge >= 0.3 is 11.9 Å². The monoisotopic (exact) mass is 617 g/mol. The van der Waals surface area contributed by atoms with Crippen LogP contribution < -0.4 is 10.3 Å². The summed E-state index contributed by atoms with van der Waals surface area (Å²) in [6.45, 7) is 3.46. The third kappa shape index (κ3) is 4.92. The minimum absolute atomic E-state index is 0.0369. The van der Waals surface area contributed by atoms with Gasteiger partial charge in [-0.05, 0) is 31.9 Å². The summed E-state index contributed by atoms with van der Waals surface area (Å²) in [5.74, 6) is -3.78. The number of rotatable bonds is 9. The molecule has 3 aliphatic heterocycles. The standard InChI is InChI=1S/C27H28FN5O7S2/c1-13(34)21-24(36)33-22(27(39)40)20(42-25(21)33)11-41-12-29-31-6-4-30(5-7-31)19-9-18-15(8-17(19)28)23(35)16(26(37)38)10-32(18)14-2-3-14/h8-10,12-14,21,25,34H,2-7,11H2,1H3,(H,37,38)(H,39,40)/t13-,21-,25-/m1/s1. The predicted octanol–water partition coefficient (Wildman–Crippen LogP) is 2.18. The van der Waals surface area contributed by atoms with Gasteiger partial charge in [-0.3, -0.25) is 19.5 Å². The van der Waals surface area contributed by atoms with E-state index in [2.05, 4.69) is 5.10 Å². The summed E-state index contributed by atoms with van der Waals surface area (Å²) < 4.78 is 17.0. The number of aliphatic hydroxyl groups excluding tert-OH is 1. The molecule has 0 unspecified atom stereocenters. The number of piperazine rings is 1. The van der Waals surface area contributed by atoms with Crippen molar-refractivity contribution in [1.82, 2.24) is 14.5 Å². The molecule has 3 atom stereocenters. The number of carboxylic acids is 2. The highest BCUT2D eigenvalue weighted by Crippen LogP contribution is 2.50. The van der Waals surface area contributed by atoms with Gasteiger partial charge in [0.25, 0.3) is 0 Å². The highest BCUT2D eigenvalue weighted by Gasteiger charge is 2.57. The quantitative estimate of drug-likeness (QED) is 0.215. The fraction of sp³-hybridized carbons (Fsp3) is 0.444. The summed E-state index contributed by atoms with van der Waals surface area (Å²) in [4.78, 5) is 52.2. The van der Waals surface area contributed by atoms with Crippen LogP contribution in [0.2, 0.25) is 0 Å². The summed E-state index contributed by atoms with van der Waals surface area (Å²) in [6.07, 6.45) is 2.24. The second kappa shape index (κ2) is 10.9. The van der Waals surface area contributed by atoms with Crippen molar-refractivity contribution < 1.29 is 34.1 Å². The largest absolute Gasteiger partial charge is 0.477 e. The maximum Gasteiger partial charge on any atom is 0.353 e. The Kier molecular flexibility index (Phi) is 7.43. The SMILES string of the molecule is C[C@@H](O)[C@@H]1C(=O)N2C(C(=O)O)=C(CSC=NN3CCN(c4cc5c(cc4F)c(=O)c(C(=O)O)cn5C4CC4)CC3)S[C@H]12. The predicted molar refractivity (Wildman–Crippen MR) is 156 cm³/mol. The topological polar surface area (TPSA) is 156 Å². The van der Waals surface area contributed by atoms with E-state index in [1.54, 1.807) is 16.2 Å². The fourth-order valence-electron chi connectivity index (χ4n) is 5.63. The number of hydrazone groups is 1. The first kappa shape index (κ1) is 28.6. The van der Waals surface area contributed by atoms with Crippen LogP contribution in [0.15, 0.2) is 38.8 Å². The maximum atomic E-state index is 15.2. The number of hydrogen-bond acceptors (Lipinski definition) is 10. The number of anilines is 1. The van der Waals surface area contributed by atoms with Gasteiger partial charge < -0.3 is 24.8 Å². The number of carbonyl (C=O) groups excluding carboxylic acids is 1. The van der Waals surface area contributed by atoms with Gasteiger partial charge in [-0.2, -0.15) is 5.10 Å². The second-order valence-electron chi connectivity index (χ2n) is 10.7. The highest BCUT2D eigenvalue weighted by molar-refractivity contribution is 8.13. The van der Waals surface area contributed by atoms with E-state index in [0.717, 1.165) is 18.9 Å². The van der Waals surface area contributed by atoms with E-state index in [0.29, 0.717) is 48.0 Å². The summed E-state index contributed by atoms with van der Waals surface area (Å²) in [5.41, 5.74) is 1.39. The van der Waals surface area contributed by atoms with Crippen molar-refractivity contribution in [3.63, 3.8) is 0 Å². The number of pyridine rings is 1. The Hall–Kier alpha value is -3.56. The number of thioether (sulfide) groups is 2. The van der Waals surface area contributed by atoms with E-state index < -0.39 is 40.6 Å². The van der Waals surface area contributed by atoms with Crippen LogP contribution in [0.1, 0.15) is 36.2 Å². The molecule has 1 amide bonds. The zero-order chi connectivity index (χ0) is 29.9. The van der Waals surface area contributed by atoms with E-state index in [1.807, 2.05) is 9.91 Å². The molecule has 4 aliphatic rings. The van der Waals surface area contributed by atoms with Gasteiger partial charge in [-0.25, -0.2) is 14.0 Å². The molecule has 3 fully saturated rings. The highest BCUT2D eigenvalue weighted by atomic mass is 32.2. The number of aliphatic carboxylic acids is 1. The van der Waals surface area contributed by atoms with Gasteiger partial charge in [-0.1, -0.05) is 0 Å². The molecule has 2 saturated heterocycles. The molecule has 1 aliphatic carbocycles. The number of β-lactam (4-membered cyclic amide) rings is 1. The smallest absolute Gasteiger partial charge is 0.353 e. The first-order valence-electron chi connectivity index (χ1n) is 13.5. The van der Waals surface area contributed by atoms with Gasteiger partial charge in [0.05, 0.1) is 41.9 Å². The fourth-order valence-corrected chi connectivity index (χ4v) is 8.06. The van der Waals surface area contributed by atoms with Crippen molar-refractivity contribution in [1.29, 1.82) is 0 Å². The van der Waals surface area contributed by atoms with E-state index in [1.165, 1.54) is 41.5 Å². The molecule has 42 heavy (non-hydrogen) atoms. The van der Waals surface area contributed by atoms with Crippen molar-refractivity contribution in [2.75, 3.05) is 36.8 Å². The molecular weight excluding hydrogens is 589 g/mol. The first-order chi connectivity index (χ1) is 20.1. The molecule has 3 N–H and O–H groups in total. The van der Waals surface area contributed by atoms with Crippen LogP contribution in [0, 0.1) is 11.7 Å². The van der Waals surface area contributed by atoms with Crippen molar-refractivity contribution in [3.8, 4) is 0 Å². The number of benzene rings is 1. The lowest BCUT2D eigenvalue weighted by Gasteiger charge is -2.43. The summed E-state index contributed by atoms with van der Waals surface area (Å²) >= 11 is 2.59. The average molecular weight is 618 g/mol. The third-order valence-electron chi connectivity index (χ3n) is 7.94. The van der Waals surface area contributed by atoms with Crippen LogP contribution in [0.5, 0.6) is 0 Å². The summed E-state index contributed by atoms with van der Waals surface area (Å²) in [7, 11) is 0. The molecule has 6 rings (SSSR count). The molecule has 222 valence electrons. The minimum atomic E-state index is -1.33. The number of nitrogens with zero attached hydrogens (tertiary/aromatic N) is 5. The van der Waals surface area contributed by atoms with E-state index >= 15 is 4.39 Å². The van der Waals surface area contributed by atoms with Crippen LogP contribution in [-0.4, -0.2) is 96.6 Å². The van der Waals surface area contributed by atoms with E-state index in [9.17, 15) is 34.5 Å². The normalized spacial score (nSPS) is 23.1. The molecule has 4 heterocycles. The Labute approximate surface area is 247 Å². The number of aromatic nitrogens is 1. The Morgan fingerprint density at radius 2 is 1.88 bits per heavy atom. The first-order valence-corrected chi connectivity index (χ1v) is 15.4. The maximum absolute atomic E-state index is 15.2. The number of halogens is 1. The molecule has 2 aromatic rings. The Morgan fingerprint density at radius 1 is 1.17 bits per heavy atom. The van der Waals surface area contributed by atoms with Crippen molar-refractivity contribution in [3.05, 3.63) is 50.5 Å². The number of carboxylic acid groups (broad SMARTS) is 2. The summed E-state index contributed by atoms with van der Waals surface area (Å²) in [6, 6.07) is 2.86. The average Bonchev–Trinajstić information content (AvgIpc) is 3.73. The molecule has 1 aromatic carbocycles. The van der Waals surface area contributed by atoms with Crippen molar-refractivity contribution in [2.24, 2.45) is 11.0 Å². The molecule has 15 heteroatoms. The molecule has 0 bridgehead atoms. The Bertz CT molecular complexity index is 1610. The lowest BCUT2D eigenvalue weighted by atomic mass is 9.92. The zero-order valence-corrected chi connectivity index (χ0v) is 24.1. The lowest BCUT2D eigenvalue weighted by Crippen LogP contribution is -2.60. The Morgan fingerprint density at radius 3 is 2.50 bits per heavy atom. The molecule has 1 aromatic heterocycles. The Balaban J connectivity index is 1.10. The van der Waals surface area contributed by atoms with Gasteiger partial charge in [0.15, 0.2) is 0 Å². The number of fused-ring (bicyclic) bond motifs is 2. The van der Waals surface area contributed by atoms with Gasteiger partial charge in [0.2, 0.25) is 11.3 Å². The van der Waals surface area contributed by atoms with Crippen molar-refractivity contribution >= 4 is 63.5 Å². The number of aliphatic hydroxyl groups is 1. The third-order valence-corrected chi connectivity index (χ3v) is 10.2. The lowest BCUT2D eigenvalue weighted by molar-refractivity contribution is -0.156. The molecule has 0 radical (unpaired) electrons. The number of amides is 1.